The van der Waals surface area contributed by atoms with Crippen LogP contribution in [0, 0.1) is 0 Å². The van der Waals surface area contributed by atoms with Gasteiger partial charge in [0.15, 0.2) is 0 Å². The highest BCUT2D eigenvalue weighted by atomic mass is 16.3. The van der Waals surface area contributed by atoms with Crippen molar-refractivity contribution in [1.29, 1.82) is 0 Å². The van der Waals surface area contributed by atoms with Crippen LogP contribution in [-0.4, -0.2) is 49.0 Å². The Bertz CT molecular complexity index is 418. The van der Waals surface area contributed by atoms with Crippen molar-refractivity contribution < 1.29 is 15.0 Å². The summed E-state index contributed by atoms with van der Waals surface area (Å²) in [5, 5.41) is 20.7. The van der Waals surface area contributed by atoms with E-state index < -0.39 is 0 Å². The molecule has 1 aromatic carbocycles. The molecule has 5 N–H and O–H groups in total. The summed E-state index contributed by atoms with van der Waals surface area (Å²) in [6, 6.07) is 5.01. The van der Waals surface area contributed by atoms with Gasteiger partial charge < -0.3 is 26.2 Å². The van der Waals surface area contributed by atoms with Gasteiger partial charge in [0.1, 0.15) is 0 Å². The molecule has 6 nitrogen and oxygen atoms in total. The van der Waals surface area contributed by atoms with E-state index in [0.29, 0.717) is 36.6 Å². The highest BCUT2D eigenvalue weighted by Gasteiger charge is 2.12. The zero-order chi connectivity index (χ0) is 14.3. The molecule has 1 amide bonds. The smallest absolute Gasteiger partial charge is 0.251 e. The highest BCUT2D eigenvalue weighted by molar-refractivity contribution is 5.96. The van der Waals surface area contributed by atoms with Gasteiger partial charge >= 0.3 is 0 Å². The SMILES string of the molecule is CCNC(=O)c1ccc(N(CCO)CCO)c(N)c1. The number of nitrogen functional groups attached to an aromatic ring is 1. The predicted molar refractivity (Wildman–Crippen MR) is 75.2 cm³/mol. The number of nitrogens with two attached hydrogens (primary N) is 1. The van der Waals surface area contributed by atoms with Crippen molar-refractivity contribution in [2.24, 2.45) is 0 Å². The van der Waals surface area contributed by atoms with Crippen LogP contribution in [-0.2, 0) is 0 Å². The van der Waals surface area contributed by atoms with E-state index in [1.807, 2.05) is 6.92 Å². The molecule has 0 atom stereocenters. The number of rotatable bonds is 7. The minimum atomic E-state index is -0.170. The lowest BCUT2D eigenvalue weighted by atomic mass is 10.1. The zero-order valence-electron chi connectivity index (χ0n) is 11.1. The molecule has 0 aliphatic carbocycles. The first-order valence-corrected chi connectivity index (χ1v) is 6.28. The summed E-state index contributed by atoms with van der Waals surface area (Å²) in [4.78, 5) is 13.4. The van der Waals surface area contributed by atoms with Gasteiger partial charge in [-0.25, -0.2) is 0 Å². The maximum atomic E-state index is 11.7. The molecule has 19 heavy (non-hydrogen) atoms. The molecule has 0 aliphatic rings. The number of carbonyl (C=O) groups is 1. The number of hydrogen-bond acceptors (Lipinski definition) is 5. The third-order valence-corrected chi connectivity index (χ3v) is 2.71. The number of amides is 1. The lowest BCUT2D eigenvalue weighted by molar-refractivity contribution is 0.0956. The van der Waals surface area contributed by atoms with Gasteiger partial charge in [-0.2, -0.15) is 0 Å². The third kappa shape index (κ3) is 4.11. The number of carbonyl (C=O) groups excluding carboxylic acids is 1. The Morgan fingerprint density at radius 1 is 1.32 bits per heavy atom. The summed E-state index contributed by atoms with van der Waals surface area (Å²) >= 11 is 0. The van der Waals surface area contributed by atoms with Gasteiger partial charge in [0.2, 0.25) is 0 Å². The van der Waals surface area contributed by atoms with Crippen molar-refractivity contribution in [2.45, 2.75) is 6.92 Å². The second kappa shape index (κ2) is 7.60. The van der Waals surface area contributed by atoms with Crippen LogP contribution in [0.15, 0.2) is 18.2 Å². The van der Waals surface area contributed by atoms with Gasteiger partial charge in [-0.1, -0.05) is 0 Å². The number of benzene rings is 1. The summed E-state index contributed by atoms with van der Waals surface area (Å²) in [5.41, 5.74) is 7.58. The monoisotopic (exact) mass is 267 g/mol. The third-order valence-electron chi connectivity index (χ3n) is 2.71. The summed E-state index contributed by atoms with van der Waals surface area (Å²) in [5.74, 6) is -0.170. The average Bonchev–Trinajstić information content (AvgIpc) is 2.39. The first-order valence-electron chi connectivity index (χ1n) is 6.28. The average molecular weight is 267 g/mol. The van der Waals surface area contributed by atoms with E-state index in [0.717, 1.165) is 0 Å². The van der Waals surface area contributed by atoms with Crippen LogP contribution in [0.3, 0.4) is 0 Å². The molecule has 0 aromatic heterocycles. The fraction of sp³-hybridized carbons (Fsp3) is 0.462. The molecule has 1 aromatic rings. The van der Waals surface area contributed by atoms with Crippen LogP contribution in [0.1, 0.15) is 17.3 Å². The van der Waals surface area contributed by atoms with Crippen molar-refractivity contribution in [3.8, 4) is 0 Å². The fourth-order valence-electron chi connectivity index (χ4n) is 1.84. The number of nitrogens with one attached hydrogen (secondary N) is 1. The van der Waals surface area contributed by atoms with Crippen LogP contribution in [0.4, 0.5) is 11.4 Å². The highest BCUT2D eigenvalue weighted by Crippen LogP contribution is 2.24. The molecular weight excluding hydrogens is 246 g/mol. The lowest BCUT2D eigenvalue weighted by Crippen LogP contribution is -2.30. The zero-order valence-corrected chi connectivity index (χ0v) is 11.1. The molecule has 0 bridgehead atoms. The van der Waals surface area contributed by atoms with Gasteiger partial charge in [0.25, 0.3) is 5.91 Å². The second-order valence-corrected chi connectivity index (χ2v) is 4.07. The Balaban J connectivity index is 2.94. The maximum Gasteiger partial charge on any atom is 0.251 e. The fourth-order valence-corrected chi connectivity index (χ4v) is 1.84. The normalized spacial score (nSPS) is 10.3. The first-order chi connectivity index (χ1) is 9.13. The van der Waals surface area contributed by atoms with E-state index in [-0.39, 0.29) is 19.1 Å². The molecule has 0 saturated heterocycles. The Kier molecular flexibility index (Phi) is 6.11. The molecule has 0 heterocycles. The summed E-state index contributed by atoms with van der Waals surface area (Å²) < 4.78 is 0. The standard InChI is InChI=1S/C13H21N3O3/c1-2-15-13(19)10-3-4-12(11(14)9-10)16(5-7-17)6-8-18/h3-4,9,17-18H,2,5-8,14H2,1H3,(H,15,19). The molecule has 0 saturated carbocycles. The van der Waals surface area contributed by atoms with E-state index in [4.69, 9.17) is 15.9 Å². The molecular formula is C13H21N3O3. The molecule has 0 spiro atoms. The quantitative estimate of drug-likeness (QED) is 0.513. The van der Waals surface area contributed by atoms with E-state index in [2.05, 4.69) is 5.32 Å². The van der Waals surface area contributed by atoms with Gasteiger partial charge in [0.05, 0.1) is 24.6 Å². The molecule has 0 unspecified atom stereocenters. The summed E-state index contributed by atoms with van der Waals surface area (Å²) in [6.07, 6.45) is 0. The number of hydrogen-bond donors (Lipinski definition) is 4. The minimum absolute atomic E-state index is 0.0302. The van der Waals surface area contributed by atoms with Crippen molar-refractivity contribution in [3.05, 3.63) is 23.8 Å². The predicted octanol–water partition coefficient (Wildman–Crippen LogP) is -0.190. The maximum absolute atomic E-state index is 11.7. The number of nitrogens with zero attached hydrogens (tertiary/aromatic N) is 1. The van der Waals surface area contributed by atoms with Gasteiger partial charge in [0, 0.05) is 25.2 Å². The van der Waals surface area contributed by atoms with Crippen LogP contribution in [0.5, 0.6) is 0 Å². The van der Waals surface area contributed by atoms with Gasteiger partial charge in [-0.3, -0.25) is 4.79 Å². The van der Waals surface area contributed by atoms with E-state index in [1.54, 1.807) is 23.1 Å². The van der Waals surface area contributed by atoms with E-state index in [1.165, 1.54) is 0 Å². The van der Waals surface area contributed by atoms with Crippen LogP contribution in [0.25, 0.3) is 0 Å². The lowest BCUT2D eigenvalue weighted by Gasteiger charge is -2.24. The Morgan fingerprint density at radius 3 is 2.42 bits per heavy atom. The second-order valence-electron chi connectivity index (χ2n) is 4.07. The number of anilines is 2. The molecule has 0 fully saturated rings. The molecule has 0 aliphatic heterocycles. The van der Waals surface area contributed by atoms with Crippen molar-refractivity contribution in [3.63, 3.8) is 0 Å². The molecule has 6 heteroatoms. The summed E-state index contributed by atoms with van der Waals surface area (Å²) in [6.45, 7) is 3.10. The topological polar surface area (TPSA) is 98.8 Å². The molecule has 1 rings (SSSR count). The van der Waals surface area contributed by atoms with Crippen LogP contribution in [0.2, 0.25) is 0 Å². The molecule has 106 valence electrons. The van der Waals surface area contributed by atoms with Crippen molar-refractivity contribution >= 4 is 17.3 Å². The number of aliphatic hydroxyl groups is 2. The largest absolute Gasteiger partial charge is 0.397 e. The van der Waals surface area contributed by atoms with Gasteiger partial charge in [-0.05, 0) is 25.1 Å². The summed E-state index contributed by atoms with van der Waals surface area (Å²) in [7, 11) is 0. The van der Waals surface area contributed by atoms with Crippen LogP contribution < -0.4 is 16.0 Å². The van der Waals surface area contributed by atoms with Crippen LogP contribution >= 0.6 is 0 Å². The Labute approximate surface area is 112 Å². The Hall–Kier alpha value is -1.79. The first kappa shape index (κ1) is 15.3. The Morgan fingerprint density at radius 2 is 1.95 bits per heavy atom. The molecule has 0 radical (unpaired) electrons. The number of aliphatic hydroxyl groups excluding tert-OH is 2. The van der Waals surface area contributed by atoms with E-state index >= 15 is 0 Å². The minimum Gasteiger partial charge on any atom is -0.397 e. The van der Waals surface area contributed by atoms with Gasteiger partial charge in [-0.15, -0.1) is 0 Å². The van der Waals surface area contributed by atoms with Crippen molar-refractivity contribution in [2.75, 3.05) is 43.5 Å². The van der Waals surface area contributed by atoms with Crippen molar-refractivity contribution in [1.82, 2.24) is 5.32 Å². The van der Waals surface area contributed by atoms with E-state index in [9.17, 15) is 4.79 Å².